The monoisotopic (exact) mass is 345 g/mol. The van der Waals surface area contributed by atoms with Gasteiger partial charge in [0.2, 0.25) is 0 Å². The Hall–Kier alpha value is -2.52. The molecule has 0 saturated carbocycles. The molecule has 124 valence electrons. The number of halogens is 2. The molecule has 0 aliphatic heterocycles. The van der Waals surface area contributed by atoms with Gasteiger partial charge in [0.05, 0.1) is 27.0 Å². The molecule has 1 heterocycles. The molecule has 1 aromatic heterocycles. The first-order chi connectivity index (χ1) is 11.4. The van der Waals surface area contributed by atoms with E-state index in [2.05, 4.69) is 11.1 Å². The number of nitrogens with two attached hydrogens (primary N) is 1. The van der Waals surface area contributed by atoms with Crippen LogP contribution in [0.5, 0.6) is 0 Å². The normalized spacial score (nSPS) is 10.8. The summed E-state index contributed by atoms with van der Waals surface area (Å²) in [6.07, 6.45) is 0. The number of alkyl halides is 2. The number of anilines is 1. The molecule has 6 heteroatoms. The van der Waals surface area contributed by atoms with Gasteiger partial charge >= 0.3 is 0 Å². The van der Waals surface area contributed by atoms with Crippen LogP contribution in [0.1, 0.15) is 31.9 Å². The second kappa shape index (κ2) is 6.93. The largest absolute Gasteiger partial charge is 0.398 e. The van der Waals surface area contributed by atoms with Gasteiger partial charge in [-0.25, -0.2) is 13.8 Å². The Morgan fingerprint density at radius 2 is 1.83 bits per heavy atom. The zero-order valence-corrected chi connectivity index (χ0v) is 14.4. The van der Waals surface area contributed by atoms with Gasteiger partial charge in [0.15, 0.2) is 0 Å². The molecule has 0 spiro atoms. The standard InChI is InChI=1S/C16H11F2N3S.C2H6/c1-16(17,18)10-4-2-9(3-5-10)11-6-13(20)12(7-19)15-14(11)21-8-22-15;1-2/h2-6,8H,20H2,1H3;1-2H3. The Morgan fingerprint density at radius 1 is 1.21 bits per heavy atom. The summed E-state index contributed by atoms with van der Waals surface area (Å²) in [6.45, 7) is 4.86. The third kappa shape index (κ3) is 3.22. The number of hydrogen-bond donors (Lipinski definition) is 1. The van der Waals surface area contributed by atoms with Crippen LogP contribution in [0.15, 0.2) is 35.8 Å². The second-order valence-electron chi connectivity index (χ2n) is 5.00. The van der Waals surface area contributed by atoms with Crippen LogP contribution < -0.4 is 5.73 Å². The molecular weight excluding hydrogens is 328 g/mol. The van der Waals surface area contributed by atoms with Crippen molar-refractivity contribution in [2.45, 2.75) is 26.7 Å². The number of fused-ring (bicyclic) bond motifs is 1. The highest BCUT2D eigenvalue weighted by molar-refractivity contribution is 7.17. The molecule has 3 nitrogen and oxygen atoms in total. The van der Waals surface area contributed by atoms with Crippen molar-refractivity contribution >= 4 is 27.2 Å². The fourth-order valence-electron chi connectivity index (χ4n) is 2.32. The average molecular weight is 345 g/mol. The molecule has 0 atom stereocenters. The SMILES string of the molecule is CC.CC(F)(F)c1ccc(-c2cc(N)c(C#N)c3scnc23)cc1. The van der Waals surface area contributed by atoms with E-state index in [4.69, 9.17) is 5.73 Å². The first kappa shape index (κ1) is 17.8. The van der Waals surface area contributed by atoms with Crippen molar-refractivity contribution < 1.29 is 8.78 Å². The lowest BCUT2D eigenvalue weighted by Gasteiger charge is -2.12. The predicted molar refractivity (Wildman–Crippen MR) is 95.1 cm³/mol. The molecule has 0 aliphatic rings. The highest BCUT2D eigenvalue weighted by atomic mass is 32.1. The molecule has 0 fully saturated rings. The van der Waals surface area contributed by atoms with Gasteiger partial charge in [0.25, 0.3) is 5.92 Å². The zero-order chi connectivity index (χ0) is 17.9. The van der Waals surface area contributed by atoms with Crippen molar-refractivity contribution in [2.24, 2.45) is 0 Å². The first-order valence-corrected chi connectivity index (χ1v) is 8.34. The van der Waals surface area contributed by atoms with Gasteiger partial charge in [-0.15, -0.1) is 11.3 Å². The maximum absolute atomic E-state index is 13.3. The number of benzene rings is 2. The van der Waals surface area contributed by atoms with Crippen LogP contribution in [0, 0.1) is 11.3 Å². The number of aromatic nitrogens is 1. The molecule has 2 aromatic carbocycles. The van der Waals surface area contributed by atoms with Crippen molar-refractivity contribution in [3.63, 3.8) is 0 Å². The lowest BCUT2D eigenvalue weighted by atomic mass is 9.99. The van der Waals surface area contributed by atoms with Gasteiger partial charge in [0, 0.05) is 18.1 Å². The van der Waals surface area contributed by atoms with Gasteiger partial charge in [-0.1, -0.05) is 38.1 Å². The van der Waals surface area contributed by atoms with Gasteiger partial charge < -0.3 is 5.73 Å². The van der Waals surface area contributed by atoms with E-state index in [0.717, 1.165) is 18.1 Å². The molecule has 3 aromatic rings. The average Bonchev–Trinajstić information content (AvgIpc) is 3.05. The summed E-state index contributed by atoms with van der Waals surface area (Å²) in [5, 5.41) is 9.19. The van der Waals surface area contributed by atoms with Gasteiger partial charge in [-0.3, -0.25) is 0 Å². The molecule has 0 aliphatic carbocycles. The molecule has 0 unspecified atom stereocenters. The molecule has 0 bridgehead atoms. The summed E-state index contributed by atoms with van der Waals surface area (Å²) in [5.74, 6) is -2.88. The number of hydrogen-bond acceptors (Lipinski definition) is 4. The number of nitrogen functional groups attached to an aromatic ring is 1. The summed E-state index contributed by atoms with van der Waals surface area (Å²) < 4.78 is 27.3. The van der Waals surface area contributed by atoms with Crippen molar-refractivity contribution in [3.05, 3.63) is 47.0 Å². The fourth-order valence-corrected chi connectivity index (χ4v) is 3.14. The van der Waals surface area contributed by atoms with Crippen LogP contribution in [0.3, 0.4) is 0 Å². The topological polar surface area (TPSA) is 62.7 Å². The summed E-state index contributed by atoms with van der Waals surface area (Å²) >= 11 is 1.34. The molecule has 0 radical (unpaired) electrons. The van der Waals surface area contributed by atoms with Crippen LogP contribution in [-0.4, -0.2) is 4.98 Å². The summed E-state index contributed by atoms with van der Waals surface area (Å²) in [7, 11) is 0. The highest BCUT2D eigenvalue weighted by Crippen LogP contribution is 2.36. The van der Waals surface area contributed by atoms with Crippen molar-refractivity contribution in [1.82, 2.24) is 4.98 Å². The minimum atomic E-state index is -2.88. The smallest absolute Gasteiger partial charge is 0.270 e. The lowest BCUT2D eigenvalue weighted by molar-refractivity contribution is 0.0175. The Morgan fingerprint density at radius 3 is 2.38 bits per heavy atom. The van der Waals surface area contributed by atoms with Crippen LogP contribution in [0.4, 0.5) is 14.5 Å². The zero-order valence-electron chi connectivity index (χ0n) is 13.6. The minimum absolute atomic E-state index is 0.0487. The van der Waals surface area contributed by atoms with E-state index in [-0.39, 0.29) is 5.56 Å². The molecule has 0 saturated heterocycles. The quantitative estimate of drug-likeness (QED) is 0.619. The van der Waals surface area contributed by atoms with Gasteiger partial charge in [-0.05, 0) is 11.6 Å². The molecule has 3 rings (SSSR count). The third-order valence-corrected chi connectivity index (χ3v) is 4.30. The van der Waals surface area contributed by atoms with Gasteiger partial charge in [-0.2, -0.15) is 5.26 Å². The Labute approximate surface area is 143 Å². The van der Waals surface area contributed by atoms with E-state index in [1.165, 1.54) is 23.5 Å². The Kier molecular flexibility index (Phi) is 5.15. The highest BCUT2D eigenvalue weighted by Gasteiger charge is 2.24. The summed E-state index contributed by atoms with van der Waals surface area (Å²) in [6, 6.07) is 9.76. The van der Waals surface area contributed by atoms with E-state index >= 15 is 0 Å². The third-order valence-electron chi connectivity index (χ3n) is 3.45. The minimum Gasteiger partial charge on any atom is -0.398 e. The van der Waals surface area contributed by atoms with Crippen LogP contribution in [-0.2, 0) is 5.92 Å². The van der Waals surface area contributed by atoms with E-state index in [1.807, 2.05) is 13.8 Å². The summed E-state index contributed by atoms with van der Waals surface area (Å²) in [4.78, 5) is 4.28. The van der Waals surface area contributed by atoms with Crippen molar-refractivity contribution in [1.29, 1.82) is 5.26 Å². The number of nitriles is 1. The van der Waals surface area contributed by atoms with Crippen molar-refractivity contribution in [2.75, 3.05) is 5.73 Å². The lowest BCUT2D eigenvalue weighted by Crippen LogP contribution is -2.06. The van der Waals surface area contributed by atoms with Crippen LogP contribution >= 0.6 is 11.3 Å². The maximum atomic E-state index is 13.3. The van der Waals surface area contributed by atoms with E-state index < -0.39 is 5.92 Å². The van der Waals surface area contributed by atoms with Crippen LogP contribution in [0.2, 0.25) is 0 Å². The predicted octanol–water partition coefficient (Wildman–Crippen LogP) is 5.56. The van der Waals surface area contributed by atoms with E-state index in [9.17, 15) is 14.0 Å². The Balaban J connectivity index is 0.00000100. The number of rotatable bonds is 2. The van der Waals surface area contributed by atoms with Gasteiger partial charge in [0.1, 0.15) is 6.07 Å². The molecule has 2 N–H and O–H groups in total. The number of nitrogens with zero attached hydrogens (tertiary/aromatic N) is 2. The summed E-state index contributed by atoms with van der Waals surface area (Å²) in [5.41, 5.74) is 10.4. The molecular formula is C18H17F2N3S. The number of thiazole rings is 1. The molecule has 24 heavy (non-hydrogen) atoms. The van der Waals surface area contributed by atoms with E-state index in [1.54, 1.807) is 23.7 Å². The molecule has 0 amide bonds. The van der Waals surface area contributed by atoms with E-state index in [0.29, 0.717) is 21.5 Å². The fraction of sp³-hybridized carbons (Fsp3) is 0.222. The van der Waals surface area contributed by atoms with Crippen molar-refractivity contribution in [3.8, 4) is 17.2 Å². The maximum Gasteiger partial charge on any atom is 0.270 e. The second-order valence-corrected chi connectivity index (χ2v) is 5.85. The first-order valence-electron chi connectivity index (χ1n) is 7.46. The Bertz CT molecular complexity index is 887. The van der Waals surface area contributed by atoms with Crippen LogP contribution in [0.25, 0.3) is 21.3 Å².